The minimum atomic E-state index is -0.485. The Morgan fingerprint density at radius 2 is 1.74 bits per heavy atom. The summed E-state index contributed by atoms with van der Waals surface area (Å²) < 4.78 is 1.59. The highest BCUT2D eigenvalue weighted by molar-refractivity contribution is 6.43. The van der Waals surface area contributed by atoms with Crippen molar-refractivity contribution in [3.05, 3.63) is 90.5 Å². The number of anilines is 1. The third-order valence-electron chi connectivity index (χ3n) is 5.22. The summed E-state index contributed by atoms with van der Waals surface area (Å²) in [6.45, 7) is 7.30. The van der Waals surface area contributed by atoms with Crippen LogP contribution in [0.2, 0.25) is 15.1 Å². The van der Waals surface area contributed by atoms with E-state index in [9.17, 15) is 9.59 Å². The van der Waals surface area contributed by atoms with Crippen LogP contribution >= 0.6 is 46.4 Å². The molecule has 2 aliphatic heterocycles. The van der Waals surface area contributed by atoms with Crippen LogP contribution in [0, 0.1) is 0 Å². The summed E-state index contributed by atoms with van der Waals surface area (Å²) in [5.74, 6) is 0.177. The molecule has 2 N–H and O–H groups in total. The number of H-pyrrole nitrogens is 1. The Hall–Kier alpha value is -2.84. The number of hydrogen-bond donors (Lipinski definition) is 2. The number of aromatic amines is 1. The van der Waals surface area contributed by atoms with Gasteiger partial charge in [0.2, 0.25) is 0 Å². The van der Waals surface area contributed by atoms with E-state index in [1.54, 1.807) is 41.1 Å². The molecular weight excluding hydrogens is 532 g/mol. The average Bonchev–Trinajstić information content (AvgIpc) is 3.14. The number of halogens is 4. The molecule has 0 atom stereocenters. The number of nitrogens with one attached hydrogen (secondary N) is 2. The lowest BCUT2D eigenvalue weighted by Gasteiger charge is -2.12. The van der Waals surface area contributed by atoms with Gasteiger partial charge in [0.25, 0.3) is 11.5 Å². The zero-order valence-corrected chi connectivity index (χ0v) is 21.6. The van der Waals surface area contributed by atoms with Gasteiger partial charge in [0.1, 0.15) is 17.1 Å². The smallest absolute Gasteiger partial charge is 0.284 e. The van der Waals surface area contributed by atoms with Gasteiger partial charge in [-0.3, -0.25) is 14.7 Å². The first-order chi connectivity index (χ1) is 16.5. The predicted molar refractivity (Wildman–Crippen MR) is 141 cm³/mol. The third kappa shape index (κ3) is 5.23. The van der Waals surface area contributed by atoms with Crippen molar-refractivity contribution in [3.8, 4) is 17.1 Å². The lowest BCUT2D eigenvalue weighted by molar-refractivity contribution is -0.112. The topological polar surface area (TPSA) is 92.7 Å². The lowest BCUT2D eigenvalue weighted by atomic mass is 10.1. The number of carbonyl (C=O) groups excluding carboxylic acids is 1. The molecule has 0 saturated carbocycles. The van der Waals surface area contributed by atoms with Crippen molar-refractivity contribution in [1.82, 2.24) is 19.7 Å². The molecule has 2 aliphatic rings. The van der Waals surface area contributed by atoms with Gasteiger partial charge in [-0.1, -0.05) is 79.0 Å². The van der Waals surface area contributed by atoms with E-state index in [1.165, 1.54) is 0 Å². The zero-order chi connectivity index (χ0) is 25.4. The summed E-state index contributed by atoms with van der Waals surface area (Å²) in [5.41, 5.74) is 2.44. The molecule has 2 aromatic rings. The van der Waals surface area contributed by atoms with Gasteiger partial charge >= 0.3 is 0 Å². The van der Waals surface area contributed by atoms with E-state index in [0.29, 0.717) is 49.3 Å². The second-order valence-corrected chi connectivity index (χ2v) is 9.82. The fraction of sp³-hybridized carbons (Fsp3) is 0.167. The molecule has 0 aromatic heterocycles. The fourth-order valence-electron chi connectivity index (χ4n) is 3.59. The van der Waals surface area contributed by atoms with E-state index in [2.05, 4.69) is 27.0 Å². The monoisotopic (exact) mass is 549 g/mol. The summed E-state index contributed by atoms with van der Waals surface area (Å²) in [4.78, 5) is 33.7. The Morgan fingerprint density at radius 1 is 1.11 bits per heavy atom. The second-order valence-electron chi connectivity index (χ2n) is 8.11. The van der Waals surface area contributed by atoms with Gasteiger partial charge in [-0.25, -0.2) is 9.67 Å². The molecule has 11 heteroatoms. The van der Waals surface area contributed by atoms with Crippen LogP contribution < -0.4 is 10.9 Å². The summed E-state index contributed by atoms with van der Waals surface area (Å²) in [6, 6.07) is 10.2. The molecule has 35 heavy (non-hydrogen) atoms. The van der Waals surface area contributed by atoms with Crippen molar-refractivity contribution in [1.29, 1.82) is 0 Å². The molecule has 2 heterocycles. The molecule has 0 unspecified atom stereocenters. The maximum Gasteiger partial charge on any atom is 0.284 e. The van der Waals surface area contributed by atoms with Gasteiger partial charge in [-0.05, 0) is 35.7 Å². The number of amides is 1. The summed E-state index contributed by atoms with van der Waals surface area (Å²) >= 11 is 24.6. The van der Waals surface area contributed by atoms with Crippen LogP contribution in [0.1, 0.15) is 36.8 Å². The molecule has 1 amide bonds. The molecule has 2 aromatic carbocycles. The van der Waals surface area contributed by atoms with E-state index in [-0.39, 0.29) is 17.4 Å². The Bertz CT molecular complexity index is 1450. The number of rotatable bonds is 6. The molecule has 7 nitrogen and oxygen atoms in total. The molecule has 0 saturated heterocycles. The molecule has 0 radical (unpaired) electrons. The van der Waals surface area contributed by atoms with Gasteiger partial charge in [-0.2, -0.15) is 4.98 Å². The first kappa shape index (κ1) is 25.3. The highest BCUT2D eigenvalue weighted by Gasteiger charge is 2.27. The van der Waals surface area contributed by atoms with Crippen molar-refractivity contribution in [3.63, 3.8) is 0 Å². The minimum absolute atomic E-state index is 0.0161. The molecule has 0 aliphatic carbocycles. The third-order valence-corrected chi connectivity index (χ3v) is 6.19. The van der Waals surface area contributed by atoms with E-state index >= 15 is 0 Å². The van der Waals surface area contributed by atoms with E-state index in [1.807, 2.05) is 13.8 Å². The van der Waals surface area contributed by atoms with E-state index in [4.69, 9.17) is 46.4 Å². The van der Waals surface area contributed by atoms with Gasteiger partial charge in [-0.15, -0.1) is 0 Å². The van der Waals surface area contributed by atoms with Crippen molar-refractivity contribution in [2.45, 2.75) is 26.2 Å². The molecule has 0 spiro atoms. The molecule has 0 fully saturated rings. The van der Waals surface area contributed by atoms with Crippen LogP contribution in [0.4, 0.5) is 5.69 Å². The van der Waals surface area contributed by atoms with Crippen LogP contribution in [0.3, 0.4) is 0 Å². The largest absolute Gasteiger partial charge is 0.321 e. The van der Waals surface area contributed by atoms with E-state index in [0.717, 1.165) is 5.56 Å². The number of fused-ring (bicyclic) bond motifs is 1. The standard InChI is InChI=1S/C24H19Cl4N5O2/c1-11(2)20-19-22(33(32-20)21-16(27)9-14(26)10-17(21)28)30-18(31-24(19)35)8-13-4-6-15(7-5-13)29-23(34)12(3)25/h4-7,9-11,32H,3,8H2,1-2H3,(H,29,34). The predicted octanol–water partition coefficient (Wildman–Crippen LogP) is 6.43. The number of nitrogens with zero attached hydrogens (tertiary/aromatic N) is 3. The van der Waals surface area contributed by atoms with Crippen molar-refractivity contribution in [2.24, 2.45) is 0 Å². The maximum atomic E-state index is 13.1. The average molecular weight is 551 g/mol. The van der Waals surface area contributed by atoms with Gasteiger partial charge in [0.05, 0.1) is 20.8 Å². The Morgan fingerprint density at radius 3 is 2.31 bits per heavy atom. The highest BCUT2D eigenvalue weighted by Crippen LogP contribution is 2.36. The molecular formula is C24H19Cl4N5O2. The van der Waals surface area contributed by atoms with Crippen molar-refractivity contribution >= 4 is 58.0 Å². The quantitative estimate of drug-likeness (QED) is 0.271. The van der Waals surface area contributed by atoms with Gasteiger partial charge in [0, 0.05) is 17.1 Å². The van der Waals surface area contributed by atoms with Gasteiger partial charge < -0.3 is 5.32 Å². The van der Waals surface area contributed by atoms with Crippen LogP contribution in [0.25, 0.3) is 17.1 Å². The number of benzene rings is 2. The number of carbonyl (C=O) groups is 1. The normalized spacial score (nSPS) is 11.3. The molecule has 180 valence electrons. The van der Waals surface area contributed by atoms with Crippen LogP contribution in [0.5, 0.6) is 0 Å². The molecule has 0 bridgehead atoms. The second kappa shape index (κ2) is 10.0. The number of hydrogen-bond acceptors (Lipinski definition) is 4. The fourth-order valence-corrected chi connectivity index (χ4v) is 4.63. The minimum Gasteiger partial charge on any atom is -0.321 e. The van der Waals surface area contributed by atoms with Crippen molar-refractivity contribution in [2.75, 3.05) is 5.32 Å². The summed E-state index contributed by atoms with van der Waals surface area (Å²) in [6.07, 6.45) is 0.284. The lowest BCUT2D eigenvalue weighted by Crippen LogP contribution is -2.18. The SMILES string of the molecule is C=C(Cl)C(=O)Nc1ccc(Cc2nc3n(-c4c(Cl)cc(Cl)cc4Cl)[nH]c(C(C)C)c-3c(=O)n2)cc1. The Kier molecular flexibility index (Phi) is 7.24. The maximum absolute atomic E-state index is 13.1. The Labute approximate surface area is 221 Å². The van der Waals surface area contributed by atoms with Crippen LogP contribution in [0.15, 0.2) is 52.8 Å². The number of aromatic nitrogens is 4. The summed E-state index contributed by atoms with van der Waals surface area (Å²) in [7, 11) is 0. The van der Waals surface area contributed by atoms with Crippen molar-refractivity contribution < 1.29 is 4.79 Å². The highest BCUT2D eigenvalue weighted by atomic mass is 35.5. The zero-order valence-electron chi connectivity index (χ0n) is 18.6. The van der Waals surface area contributed by atoms with Crippen LogP contribution in [-0.4, -0.2) is 25.7 Å². The van der Waals surface area contributed by atoms with E-state index < -0.39 is 11.5 Å². The first-order valence-corrected chi connectivity index (χ1v) is 12.0. The van der Waals surface area contributed by atoms with Crippen LogP contribution in [-0.2, 0) is 11.2 Å². The molecule has 4 rings (SSSR count). The first-order valence-electron chi connectivity index (χ1n) is 10.5. The van der Waals surface area contributed by atoms with Gasteiger partial charge in [0.15, 0.2) is 5.82 Å². The summed E-state index contributed by atoms with van der Waals surface area (Å²) in [5, 5.41) is 6.72. The Balaban J connectivity index is 1.77.